The number of benzene rings is 1. The summed E-state index contributed by atoms with van der Waals surface area (Å²) in [6, 6.07) is 4.00. The van der Waals surface area contributed by atoms with E-state index in [4.69, 9.17) is 4.74 Å². The first-order chi connectivity index (χ1) is 25.9. The maximum atomic E-state index is 13.9. The lowest BCUT2D eigenvalue weighted by molar-refractivity contribution is -0.132. The van der Waals surface area contributed by atoms with Gasteiger partial charge in [-0.2, -0.15) is 0 Å². The molecule has 0 fully saturated rings. The van der Waals surface area contributed by atoms with Crippen molar-refractivity contribution in [2.45, 2.75) is 89.0 Å². The van der Waals surface area contributed by atoms with E-state index in [9.17, 15) is 29.1 Å². The molecule has 1 aromatic carbocycles. The van der Waals surface area contributed by atoms with Gasteiger partial charge in [0.25, 0.3) is 11.8 Å². The fourth-order valence-corrected chi connectivity index (χ4v) is 10.1. The minimum absolute atomic E-state index is 0.0438. The molecule has 0 spiro atoms. The number of hydrogen-bond donors (Lipinski definition) is 6. The molecule has 3 aliphatic rings. The Hall–Kier alpha value is -4.04. The number of carbonyl (C=O) groups is 5. The van der Waals surface area contributed by atoms with Crippen molar-refractivity contribution in [2.24, 2.45) is 10.9 Å². The maximum Gasteiger partial charge on any atom is 0.271 e. The molecule has 6 N–H and O–H groups in total. The number of fused-ring (bicyclic) bond motifs is 11. The highest BCUT2D eigenvalue weighted by molar-refractivity contribution is 8.76. The Balaban J connectivity index is 1.41. The van der Waals surface area contributed by atoms with Crippen molar-refractivity contribution in [3.8, 4) is 0 Å². The zero-order valence-corrected chi connectivity index (χ0v) is 33.2. The van der Waals surface area contributed by atoms with Gasteiger partial charge < -0.3 is 36.4 Å². The Morgan fingerprint density at radius 2 is 1.37 bits per heavy atom. The van der Waals surface area contributed by atoms with Crippen LogP contribution in [0.25, 0.3) is 0 Å². The van der Waals surface area contributed by atoms with Gasteiger partial charge in [-0.05, 0) is 38.2 Å². The Morgan fingerprint density at radius 1 is 0.778 bits per heavy atom. The zero-order valence-electron chi connectivity index (χ0n) is 29.9. The summed E-state index contributed by atoms with van der Waals surface area (Å²) in [6.07, 6.45) is -1.12. The Kier molecular flexibility index (Phi) is 12.9. The lowest BCUT2D eigenvalue weighted by atomic mass is 10.0. The van der Waals surface area contributed by atoms with E-state index >= 15 is 0 Å². The molecule has 15 nitrogen and oxygen atoms in total. The molecule has 6 rings (SSSR count). The third kappa shape index (κ3) is 9.60. The molecule has 288 valence electrons. The zero-order chi connectivity index (χ0) is 38.5. The molecule has 0 unspecified atom stereocenters. The summed E-state index contributed by atoms with van der Waals surface area (Å²) in [5, 5.41) is 29.1. The lowest BCUT2D eigenvalue weighted by Gasteiger charge is -2.27. The van der Waals surface area contributed by atoms with Crippen LogP contribution in [0.15, 0.2) is 46.1 Å². The second-order valence-corrected chi connectivity index (χ2v) is 18.0. The van der Waals surface area contributed by atoms with E-state index < -0.39 is 78.0 Å². The van der Waals surface area contributed by atoms with E-state index in [2.05, 4.69) is 41.5 Å². The summed E-state index contributed by atoms with van der Waals surface area (Å²) >= 11 is 2.39. The number of aliphatic hydroxyl groups excluding tert-OH is 1. The predicted octanol–water partition coefficient (Wildman–Crippen LogP) is 2.56. The van der Waals surface area contributed by atoms with Crippen LogP contribution in [0.4, 0.5) is 0 Å². The molecule has 8 atom stereocenters. The van der Waals surface area contributed by atoms with Gasteiger partial charge in [0.2, 0.25) is 23.6 Å². The van der Waals surface area contributed by atoms with Crippen LogP contribution < -0.4 is 26.6 Å². The number of amides is 5. The second-order valence-electron chi connectivity index (χ2n) is 13.7. The first kappa shape index (κ1) is 39.6. The number of aliphatic hydroxyl groups is 1. The van der Waals surface area contributed by atoms with E-state index in [1.54, 1.807) is 17.7 Å². The average molecular weight is 815 g/mol. The number of rotatable bonds is 5. The molecular weight excluding hydrogens is 773 g/mol. The molecule has 5 amide bonds. The molecule has 5 heterocycles. The first-order valence-corrected chi connectivity index (χ1v) is 21.8. The second kappa shape index (κ2) is 17.6. The molecule has 3 aliphatic heterocycles. The van der Waals surface area contributed by atoms with Crippen molar-refractivity contribution in [1.82, 2.24) is 36.6 Å². The van der Waals surface area contributed by atoms with Gasteiger partial charge >= 0.3 is 0 Å². The van der Waals surface area contributed by atoms with Gasteiger partial charge in [-0.1, -0.05) is 65.8 Å². The summed E-state index contributed by atoms with van der Waals surface area (Å²) < 4.78 is 6.15. The monoisotopic (exact) mass is 814 g/mol. The van der Waals surface area contributed by atoms with Gasteiger partial charge in [-0.15, -0.1) is 22.7 Å². The van der Waals surface area contributed by atoms with Gasteiger partial charge in [0.1, 0.15) is 45.6 Å². The number of carbonyl (C=O) groups excluding carboxylic acids is 5. The van der Waals surface area contributed by atoms with Crippen molar-refractivity contribution in [3.05, 3.63) is 68.1 Å². The predicted molar refractivity (Wildman–Crippen MR) is 208 cm³/mol. The minimum atomic E-state index is -1.37. The lowest BCUT2D eigenvalue weighted by Crippen LogP contribution is -2.58. The van der Waals surface area contributed by atoms with Crippen molar-refractivity contribution in [3.63, 3.8) is 0 Å². The van der Waals surface area contributed by atoms with E-state index in [0.717, 1.165) is 5.56 Å². The Labute approximate surface area is 328 Å². The van der Waals surface area contributed by atoms with Crippen LogP contribution in [0.5, 0.6) is 0 Å². The van der Waals surface area contributed by atoms with Gasteiger partial charge in [-0.3, -0.25) is 24.0 Å². The standard InChI is InChI=1S/C35H42N8O7S4/c1-16(2)10-20-34-40-23(13-51-34)29(46)39-25-15-54-53-14-24(30(47)42-26(17(3)44)31(48)36-20)38-28(45)22-12-52-35(41-22)21(11-19-8-6-5-7-9-19)37-32(49)27-18(4)50-33(25)43-27/h5-9,12-13,16-18,20-21,24-27,44H,10-11,14-15H2,1-4H3,(H,36,48)(H,37,49)(H,38,45)(H,39,46)(H,42,47)/t17-,18+,20+,21+,24-,25-,26-,27-/m0/s1. The molecule has 3 aromatic rings. The number of aliphatic imine (C=N–C) groups is 1. The Morgan fingerprint density at radius 3 is 2.00 bits per heavy atom. The third-order valence-electron chi connectivity index (χ3n) is 8.85. The van der Waals surface area contributed by atoms with Gasteiger partial charge in [0, 0.05) is 22.3 Å². The number of hydrogen-bond acceptors (Lipinski definition) is 14. The van der Waals surface area contributed by atoms with Crippen LogP contribution in [0.2, 0.25) is 0 Å². The minimum Gasteiger partial charge on any atom is -0.474 e. The number of thiazole rings is 2. The van der Waals surface area contributed by atoms with Crippen LogP contribution in [0.1, 0.15) is 82.8 Å². The number of ether oxygens (including phenoxy) is 1. The van der Waals surface area contributed by atoms with Crippen LogP contribution >= 0.6 is 44.3 Å². The largest absolute Gasteiger partial charge is 0.474 e. The van der Waals surface area contributed by atoms with E-state index in [1.807, 2.05) is 44.2 Å². The molecule has 19 heteroatoms. The highest BCUT2D eigenvalue weighted by Gasteiger charge is 2.39. The number of nitrogens with zero attached hydrogens (tertiary/aromatic N) is 3. The first-order valence-electron chi connectivity index (χ1n) is 17.5. The normalized spacial score (nSPS) is 27.6. The van der Waals surface area contributed by atoms with Crippen molar-refractivity contribution in [2.75, 3.05) is 11.5 Å². The summed E-state index contributed by atoms with van der Waals surface area (Å²) in [5.41, 5.74) is 1.10. The summed E-state index contributed by atoms with van der Waals surface area (Å²) in [7, 11) is 2.53. The van der Waals surface area contributed by atoms with Gasteiger partial charge in [0.05, 0.1) is 18.2 Å². The van der Waals surface area contributed by atoms with Crippen LogP contribution in [0.3, 0.4) is 0 Å². The van der Waals surface area contributed by atoms with Gasteiger partial charge in [0.15, 0.2) is 6.04 Å². The van der Waals surface area contributed by atoms with Crippen LogP contribution in [0, 0.1) is 5.92 Å². The molecular formula is C35H42N8O7S4. The third-order valence-corrected chi connectivity index (χ3v) is 13.2. The number of nitrogens with one attached hydrogen (secondary N) is 5. The van der Waals surface area contributed by atoms with Crippen molar-refractivity contribution >= 4 is 79.7 Å². The van der Waals surface area contributed by atoms with Crippen molar-refractivity contribution in [1.29, 1.82) is 0 Å². The molecule has 0 saturated carbocycles. The van der Waals surface area contributed by atoms with E-state index in [1.165, 1.54) is 51.2 Å². The molecule has 0 saturated heterocycles. The van der Waals surface area contributed by atoms with Gasteiger partial charge in [-0.25, -0.2) is 15.0 Å². The van der Waals surface area contributed by atoms with E-state index in [0.29, 0.717) is 22.9 Å². The molecule has 2 aromatic heterocycles. The molecule has 0 radical (unpaired) electrons. The fraction of sp³-hybridized carbons (Fsp3) is 0.486. The van der Waals surface area contributed by atoms with Crippen molar-refractivity contribution < 1.29 is 33.8 Å². The number of aromatic nitrogens is 2. The highest BCUT2D eigenvalue weighted by Crippen LogP contribution is 2.29. The molecule has 0 aliphatic carbocycles. The summed E-state index contributed by atoms with van der Waals surface area (Å²) in [5.74, 6) is -2.33. The topological polar surface area (TPSA) is 213 Å². The van der Waals surface area contributed by atoms with E-state index in [-0.39, 0.29) is 34.7 Å². The average Bonchev–Trinajstić information content (AvgIpc) is 3.90. The van der Waals surface area contributed by atoms with Crippen LogP contribution in [-0.2, 0) is 25.5 Å². The SMILES string of the molecule is CC(C)C[C@H]1NC(=O)[C@H]([C@H](C)O)NC(=O)[C@@H]2CSSC[C@H](NC(=O)c3csc1n3)C1=N[C@H](C(=O)N[C@H](Cc3ccccc3)c3nc(cs3)C(=O)N2)[C@@H](C)O1. The Bertz CT molecular complexity index is 1890. The summed E-state index contributed by atoms with van der Waals surface area (Å²) in [4.78, 5) is 82.7. The fourth-order valence-electron chi connectivity index (χ4n) is 6.05. The van der Waals surface area contributed by atoms with Crippen LogP contribution in [-0.4, -0.2) is 98.4 Å². The highest BCUT2D eigenvalue weighted by atomic mass is 33.1. The quantitative estimate of drug-likeness (QED) is 0.206. The maximum absolute atomic E-state index is 13.9. The molecule has 54 heavy (non-hydrogen) atoms. The molecule has 8 bridgehead atoms. The summed E-state index contributed by atoms with van der Waals surface area (Å²) in [6.45, 7) is 7.07. The smallest absolute Gasteiger partial charge is 0.271 e.